The van der Waals surface area contributed by atoms with Crippen LogP contribution < -0.4 is 3.11 Å². The zero-order chi connectivity index (χ0) is 11.3. The topological polar surface area (TPSA) is 15.6 Å². The van der Waals surface area contributed by atoms with Crippen molar-refractivity contribution < 1.29 is 0 Å². The van der Waals surface area contributed by atoms with Crippen molar-refractivity contribution in [3.05, 3.63) is 30.3 Å². The molecule has 2 nitrogen and oxygen atoms in total. The summed E-state index contributed by atoms with van der Waals surface area (Å²) in [5.41, 5.74) is 1.18. The Balaban J connectivity index is 2.79. The molecule has 0 radical (unpaired) electrons. The molecule has 0 aliphatic carbocycles. The molecule has 15 heavy (non-hydrogen) atoms. The van der Waals surface area contributed by atoms with Crippen LogP contribution in [0.1, 0.15) is 20.3 Å². The lowest BCUT2D eigenvalue weighted by atomic mass is 10.1. The second-order valence-electron chi connectivity index (χ2n) is 3.72. The normalized spacial score (nSPS) is 11.9. The zero-order valence-corrected chi connectivity index (χ0v) is 13.1. The van der Waals surface area contributed by atoms with E-state index in [0.29, 0.717) is 5.92 Å². The van der Waals surface area contributed by atoms with E-state index in [0.717, 1.165) is 12.3 Å². The summed E-state index contributed by atoms with van der Waals surface area (Å²) in [5, 5.41) is 0. The number of anilines is 1. The molecule has 0 bridgehead atoms. The molecule has 0 aliphatic rings. The van der Waals surface area contributed by atoms with Crippen LogP contribution in [0.3, 0.4) is 0 Å². The van der Waals surface area contributed by atoms with Crippen LogP contribution in [0, 0.1) is 5.92 Å². The van der Waals surface area contributed by atoms with Gasteiger partial charge in [0.2, 0.25) is 0 Å². The molecule has 1 aromatic carbocycles. The fraction of sp³-hybridized carbons (Fsp3) is 0.364. The predicted molar refractivity (Wildman–Crippen MR) is 83.9 cm³/mol. The summed E-state index contributed by atoms with van der Waals surface area (Å²) in [4.78, 5) is 0. The summed E-state index contributed by atoms with van der Waals surface area (Å²) >= 11 is 4.37. The fourth-order valence-electron chi connectivity index (χ4n) is 1.22. The van der Waals surface area contributed by atoms with Crippen LogP contribution in [0.2, 0.25) is 0 Å². The van der Waals surface area contributed by atoms with Crippen molar-refractivity contribution in [3.8, 4) is 0 Å². The number of amidine groups is 1. The van der Waals surface area contributed by atoms with Gasteiger partial charge in [0.25, 0.3) is 0 Å². The molecule has 0 atom stereocenters. The van der Waals surface area contributed by atoms with Crippen LogP contribution in [0.5, 0.6) is 0 Å². The smallest absolute Gasteiger partial charge is 0.124 e. The van der Waals surface area contributed by atoms with Crippen molar-refractivity contribution >= 4 is 57.3 Å². The molecule has 0 amide bonds. The standard InChI is InChI=1S/C11H14I2N2/c1-9(2)8-11(14-12)15(13)10-6-4-3-5-7-10/h3-7,9H,8H2,1-2H3. The van der Waals surface area contributed by atoms with Crippen LogP contribution in [0.15, 0.2) is 33.5 Å². The first-order valence-corrected chi connectivity index (χ1v) is 6.77. The molecule has 0 aromatic heterocycles. The largest absolute Gasteiger partial charge is 0.270 e. The van der Waals surface area contributed by atoms with Crippen LogP contribution in [-0.4, -0.2) is 5.84 Å². The summed E-state index contributed by atoms with van der Waals surface area (Å²) in [7, 11) is 0. The number of halogens is 2. The Morgan fingerprint density at radius 1 is 1.33 bits per heavy atom. The first-order chi connectivity index (χ1) is 7.15. The monoisotopic (exact) mass is 428 g/mol. The number of rotatable bonds is 3. The lowest BCUT2D eigenvalue weighted by molar-refractivity contribution is 0.683. The Bertz CT molecular complexity index is 323. The molecule has 82 valence electrons. The lowest BCUT2D eigenvalue weighted by Gasteiger charge is -2.19. The summed E-state index contributed by atoms with van der Waals surface area (Å²) in [6.07, 6.45) is 1.00. The molecular formula is C11H14I2N2. The number of nitrogens with zero attached hydrogens (tertiary/aromatic N) is 2. The fourth-order valence-corrected chi connectivity index (χ4v) is 2.67. The van der Waals surface area contributed by atoms with Crippen molar-refractivity contribution in [2.24, 2.45) is 9.12 Å². The second-order valence-corrected chi connectivity index (χ2v) is 5.16. The molecule has 0 aliphatic heterocycles. The maximum Gasteiger partial charge on any atom is 0.124 e. The zero-order valence-electron chi connectivity index (χ0n) is 8.82. The van der Waals surface area contributed by atoms with Crippen molar-refractivity contribution in [3.63, 3.8) is 0 Å². The van der Waals surface area contributed by atoms with E-state index in [4.69, 9.17) is 0 Å². The SMILES string of the molecule is CC(C)CC(=NI)N(I)c1ccccc1. The van der Waals surface area contributed by atoms with E-state index in [1.54, 1.807) is 0 Å². The van der Waals surface area contributed by atoms with Gasteiger partial charge in [-0.05, 0) is 18.1 Å². The highest BCUT2D eigenvalue weighted by Gasteiger charge is 2.11. The van der Waals surface area contributed by atoms with Gasteiger partial charge in [0.05, 0.1) is 51.4 Å². The predicted octanol–water partition coefficient (Wildman–Crippen LogP) is 4.64. The summed E-state index contributed by atoms with van der Waals surface area (Å²) < 4.78 is 6.42. The average molecular weight is 428 g/mol. The molecule has 0 saturated heterocycles. The van der Waals surface area contributed by atoms with Gasteiger partial charge in [0, 0.05) is 6.42 Å². The van der Waals surface area contributed by atoms with Crippen LogP contribution in [0.25, 0.3) is 0 Å². The van der Waals surface area contributed by atoms with Gasteiger partial charge in [-0.1, -0.05) is 32.0 Å². The third kappa shape index (κ3) is 4.26. The Morgan fingerprint density at radius 2 is 1.93 bits per heavy atom. The summed E-state index contributed by atoms with van der Waals surface area (Å²) in [6, 6.07) is 10.3. The van der Waals surface area contributed by atoms with Gasteiger partial charge >= 0.3 is 0 Å². The highest BCUT2D eigenvalue weighted by atomic mass is 127. The van der Waals surface area contributed by atoms with Gasteiger partial charge in [0.1, 0.15) is 5.84 Å². The van der Waals surface area contributed by atoms with Gasteiger partial charge < -0.3 is 0 Å². The van der Waals surface area contributed by atoms with E-state index in [2.05, 4.69) is 78.0 Å². The molecule has 0 fully saturated rings. The third-order valence-electron chi connectivity index (χ3n) is 1.90. The van der Waals surface area contributed by atoms with Crippen molar-refractivity contribution in [2.75, 3.05) is 3.11 Å². The van der Waals surface area contributed by atoms with Gasteiger partial charge in [-0.15, -0.1) is 0 Å². The number of para-hydroxylation sites is 1. The van der Waals surface area contributed by atoms with E-state index in [-0.39, 0.29) is 0 Å². The van der Waals surface area contributed by atoms with Crippen LogP contribution in [0.4, 0.5) is 5.69 Å². The Kier molecular flexibility index (Phi) is 5.88. The highest BCUT2D eigenvalue weighted by Crippen LogP contribution is 2.21. The van der Waals surface area contributed by atoms with Crippen molar-refractivity contribution in [2.45, 2.75) is 20.3 Å². The van der Waals surface area contributed by atoms with E-state index >= 15 is 0 Å². The minimum Gasteiger partial charge on any atom is -0.270 e. The van der Waals surface area contributed by atoms with Gasteiger partial charge in [-0.25, -0.2) is 3.21 Å². The molecule has 0 heterocycles. The minimum atomic E-state index is 0.625. The number of hydrogen-bond acceptors (Lipinski definition) is 1. The van der Waals surface area contributed by atoms with E-state index < -0.39 is 0 Å². The Morgan fingerprint density at radius 3 is 2.40 bits per heavy atom. The molecule has 0 unspecified atom stereocenters. The maximum absolute atomic E-state index is 4.31. The first kappa shape index (κ1) is 13.2. The molecule has 0 spiro atoms. The molecule has 0 N–H and O–H groups in total. The van der Waals surface area contributed by atoms with Crippen LogP contribution >= 0.6 is 45.7 Å². The maximum atomic E-state index is 4.31. The van der Waals surface area contributed by atoms with Gasteiger partial charge in [-0.3, -0.25) is 3.11 Å². The molecule has 4 heteroatoms. The van der Waals surface area contributed by atoms with E-state index in [1.165, 1.54) is 5.69 Å². The summed E-state index contributed by atoms with van der Waals surface area (Å²) in [5.74, 6) is 1.73. The summed E-state index contributed by atoms with van der Waals surface area (Å²) in [6.45, 7) is 4.41. The van der Waals surface area contributed by atoms with Crippen molar-refractivity contribution in [1.82, 2.24) is 0 Å². The van der Waals surface area contributed by atoms with E-state index in [1.807, 2.05) is 18.2 Å². The Hall–Kier alpha value is 0.150. The number of hydrogen-bond donors (Lipinski definition) is 0. The first-order valence-electron chi connectivity index (χ1n) is 4.84. The average Bonchev–Trinajstić information content (AvgIpc) is 2.26. The van der Waals surface area contributed by atoms with Gasteiger partial charge in [-0.2, -0.15) is 0 Å². The van der Waals surface area contributed by atoms with Crippen molar-refractivity contribution in [1.29, 1.82) is 0 Å². The second kappa shape index (κ2) is 6.67. The van der Waals surface area contributed by atoms with Crippen LogP contribution in [-0.2, 0) is 0 Å². The third-order valence-corrected chi connectivity index (χ3v) is 3.57. The Labute approximate surface area is 119 Å². The molecule has 0 saturated carbocycles. The molecular weight excluding hydrogens is 414 g/mol. The molecule has 1 rings (SSSR count). The van der Waals surface area contributed by atoms with E-state index in [9.17, 15) is 0 Å². The lowest BCUT2D eigenvalue weighted by Crippen LogP contribution is -2.21. The minimum absolute atomic E-state index is 0.625. The molecule has 1 aromatic rings. The highest BCUT2D eigenvalue weighted by molar-refractivity contribution is 14.1. The van der Waals surface area contributed by atoms with Gasteiger partial charge in [0.15, 0.2) is 0 Å². The number of benzene rings is 1. The quantitative estimate of drug-likeness (QED) is 0.297.